The van der Waals surface area contributed by atoms with Crippen molar-refractivity contribution in [1.82, 2.24) is 9.97 Å². The summed E-state index contributed by atoms with van der Waals surface area (Å²) < 4.78 is 5.41. The molecule has 0 N–H and O–H groups in total. The highest BCUT2D eigenvalue weighted by atomic mass is 32.2. The van der Waals surface area contributed by atoms with Crippen molar-refractivity contribution in [3.63, 3.8) is 0 Å². The predicted molar refractivity (Wildman–Crippen MR) is 108 cm³/mol. The van der Waals surface area contributed by atoms with Crippen molar-refractivity contribution in [1.29, 1.82) is 0 Å². The maximum Gasteiger partial charge on any atom is 0.238 e. The number of benzene rings is 1. The highest BCUT2D eigenvalue weighted by molar-refractivity contribution is 7.99. The number of nitrogens with zero attached hydrogens (tertiary/aromatic N) is 4. The summed E-state index contributed by atoms with van der Waals surface area (Å²) in [5, 5.41) is 0. The van der Waals surface area contributed by atoms with Crippen molar-refractivity contribution in [3.05, 3.63) is 47.7 Å². The molecular weight excluding hydrogens is 360 g/mol. The minimum atomic E-state index is 0.128. The number of aryl methyl sites for hydroxylation is 1. The van der Waals surface area contributed by atoms with Gasteiger partial charge in [-0.2, -0.15) is 4.98 Å². The Hall–Kier alpha value is -2.12. The zero-order chi connectivity index (χ0) is 18.5. The van der Waals surface area contributed by atoms with E-state index in [4.69, 9.17) is 9.72 Å². The van der Waals surface area contributed by atoms with Gasteiger partial charge in [0, 0.05) is 37.1 Å². The lowest BCUT2D eigenvalue weighted by atomic mass is 10.1. The minimum absolute atomic E-state index is 0.128. The van der Waals surface area contributed by atoms with Crippen LogP contribution >= 0.6 is 11.8 Å². The molecule has 7 heteroatoms. The predicted octanol–water partition coefficient (Wildman–Crippen LogP) is 2.53. The van der Waals surface area contributed by atoms with Crippen LogP contribution in [0.4, 0.5) is 11.8 Å². The molecule has 0 spiro atoms. The van der Waals surface area contributed by atoms with Gasteiger partial charge in [-0.3, -0.25) is 9.69 Å². The van der Waals surface area contributed by atoms with Crippen LogP contribution in [0.3, 0.4) is 0 Å². The largest absolute Gasteiger partial charge is 0.378 e. The third-order valence-corrected chi connectivity index (χ3v) is 5.83. The summed E-state index contributed by atoms with van der Waals surface area (Å²) in [5.74, 6) is 2.93. The summed E-state index contributed by atoms with van der Waals surface area (Å²) in [6.45, 7) is 3.70. The Labute approximate surface area is 163 Å². The van der Waals surface area contributed by atoms with E-state index in [1.54, 1.807) is 11.8 Å². The second-order valence-electron chi connectivity index (χ2n) is 6.75. The zero-order valence-corrected chi connectivity index (χ0v) is 16.2. The first-order chi connectivity index (χ1) is 13.3. The van der Waals surface area contributed by atoms with E-state index in [1.807, 2.05) is 29.3 Å². The average molecular weight is 385 g/mol. The number of amides is 1. The Morgan fingerprint density at radius 3 is 2.78 bits per heavy atom. The van der Waals surface area contributed by atoms with Gasteiger partial charge in [-0.1, -0.05) is 30.3 Å². The number of rotatable bonds is 5. The van der Waals surface area contributed by atoms with Crippen LogP contribution < -0.4 is 9.80 Å². The smallest absolute Gasteiger partial charge is 0.238 e. The topological polar surface area (TPSA) is 58.6 Å². The van der Waals surface area contributed by atoms with Gasteiger partial charge >= 0.3 is 0 Å². The van der Waals surface area contributed by atoms with Gasteiger partial charge < -0.3 is 9.64 Å². The van der Waals surface area contributed by atoms with E-state index < -0.39 is 0 Å². The monoisotopic (exact) mass is 384 g/mol. The second-order valence-corrected chi connectivity index (χ2v) is 7.73. The molecule has 2 aliphatic rings. The van der Waals surface area contributed by atoms with Gasteiger partial charge in [-0.15, -0.1) is 11.8 Å². The van der Waals surface area contributed by atoms with Crippen LogP contribution in [0, 0.1) is 0 Å². The summed E-state index contributed by atoms with van der Waals surface area (Å²) in [6.07, 6.45) is 3.78. The molecule has 0 radical (unpaired) electrons. The van der Waals surface area contributed by atoms with Crippen LogP contribution in [0.1, 0.15) is 17.5 Å². The van der Waals surface area contributed by atoms with Crippen LogP contribution in [0.25, 0.3) is 0 Å². The zero-order valence-electron chi connectivity index (χ0n) is 15.3. The lowest BCUT2D eigenvalue weighted by Gasteiger charge is -2.31. The third-order valence-electron chi connectivity index (χ3n) is 4.84. The SMILES string of the molecule is O=C(CSCc1ccccc1)N1CCCc2cnc(N3CCOCC3)nc21. The van der Waals surface area contributed by atoms with E-state index >= 15 is 0 Å². The second kappa shape index (κ2) is 8.71. The molecule has 4 rings (SSSR count). The number of morpholine rings is 1. The molecule has 1 amide bonds. The number of hydrogen-bond acceptors (Lipinski definition) is 6. The molecular formula is C20H24N4O2S. The van der Waals surface area contributed by atoms with Crippen molar-refractivity contribution >= 4 is 29.4 Å². The summed E-state index contributed by atoms with van der Waals surface area (Å²) in [7, 11) is 0. The minimum Gasteiger partial charge on any atom is -0.378 e. The van der Waals surface area contributed by atoms with Crippen molar-refractivity contribution in [2.45, 2.75) is 18.6 Å². The fourth-order valence-electron chi connectivity index (χ4n) is 3.40. The number of thioether (sulfide) groups is 1. The number of fused-ring (bicyclic) bond motifs is 1. The van der Waals surface area contributed by atoms with Gasteiger partial charge in [0.15, 0.2) is 0 Å². The van der Waals surface area contributed by atoms with Crippen molar-refractivity contribution < 1.29 is 9.53 Å². The molecule has 6 nitrogen and oxygen atoms in total. The van der Waals surface area contributed by atoms with E-state index in [-0.39, 0.29) is 5.91 Å². The molecule has 1 aromatic carbocycles. The molecule has 2 aromatic rings. The van der Waals surface area contributed by atoms with Gasteiger partial charge in [-0.25, -0.2) is 4.98 Å². The van der Waals surface area contributed by atoms with Gasteiger partial charge in [-0.05, 0) is 18.4 Å². The third kappa shape index (κ3) is 4.42. The summed E-state index contributed by atoms with van der Waals surface area (Å²) in [6, 6.07) is 10.3. The number of ether oxygens (including phenoxy) is 1. The first kappa shape index (κ1) is 18.3. The number of carbonyl (C=O) groups is 1. The maximum absolute atomic E-state index is 12.8. The quantitative estimate of drug-likeness (QED) is 0.790. The van der Waals surface area contributed by atoms with E-state index in [0.717, 1.165) is 49.6 Å². The highest BCUT2D eigenvalue weighted by Gasteiger charge is 2.26. The Balaban J connectivity index is 1.43. The lowest BCUT2D eigenvalue weighted by Crippen LogP contribution is -2.40. The molecule has 0 aliphatic carbocycles. The fourth-order valence-corrected chi connectivity index (χ4v) is 4.26. The van der Waals surface area contributed by atoms with Crippen LogP contribution in [0.2, 0.25) is 0 Å². The van der Waals surface area contributed by atoms with Crippen LogP contribution in [0.5, 0.6) is 0 Å². The van der Waals surface area contributed by atoms with E-state index in [1.165, 1.54) is 5.56 Å². The lowest BCUT2D eigenvalue weighted by molar-refractivity contribution is -0.116. The van der Waals surface area contributed by atoms with Crippen LogP contribution in [0.15, 0.2) is 36.5 Å². The molecule has 1 aromatic heterocycles. The number of hydrogen-bond donors (Lipinski definition) is 0. The number of aromatic nitrogens is 2. The molecule has 0 saturated carbocycles. The van der Waals surface area contributed by atoms with Gasteiger partial charge in [0.25, 0.3) is 0 Å². The summed E-state index contributed by atoms with van der Waals surface area (Å²) in [4.78, 5) is 26.1. The molecule has 3 heterocycles. The number of carbonyl (C=O) groups excluding carboxylic acids is 1. The van der Waals surface area contributed by atoms with E-state index in [2.05, 4.69) is 22.0 Å². The van der Waals surface area contributed by atoms with E-state index in [9.17, 15) is 4.79 Å². The van der Waals surface area contributed by atoms with Crippen molar-refractivity contribution in [2.24, 2.45) is 0 Å². The Kier molecular flexibility index (Phi) is 5.89. The normalized spacial score (nSPS) is 16.9. The summed E-state index contributed by atoms with van der Waals surface area (Å²) >= 11 is 1.65. The molecule has 1 fully saturated rings. The average Bonchev–Trinajstić information content (AvgIpc) is 2.74. The van der Waals surface area contributed by atoms with Crippen molar-refractivity contribution in [2.75, 3.05) is 48.4 Å². The Bertz CT molecular complexity index is 781. The first-order valence-corrected chi connectivity index (χ1v) is 10.6. The number of anilines is 2. The van der Waals surface area contributed by atoms with Gasteiger partial charge in [0.05, 0.1) is 19.0 Å². The maximum atomic E-state index is 12.8. The van der Waals surface area contributed by atoms with E-state index in [0.29, 0.717) is 24.9 Å². The first-order valence-electron chi connectivity index (χ1n) is 9.42. The molecule has 0 atom stereocenters. The Morgan fingerprint density at radius 2 is 1.96 bits per heavy atom. The molecule has 2 aliphatic heterocycles. The van der Waals surface area contributed by atoms with Crippen molar-refractivity contribution in [3.8, 4) is 0 Å². The molecule has 142 valence electrons. The molecule has 0 bridgehead atoms. The van der Waals surface area contributed by atoms with Crippen LogP contribution in [-0.4, -0.2) is 54.5 Å². The molecule has 1 saturated heterocycles. The highest BCUT2D eigenvalue weighted by Crippen LogP contribution is 2.27. The summed E-state index contributed by atoms with van der Waals surface area (Å²) in [5.41, 5.74) is 2.31. The van der Waals surface area contributed by atoms with Gasteiger partial charge in [0.1, 0.15) is 5.82 Å². The Morgan fingerprint density at radius 1 is 1.15 bits per heavy atom. The fraction of sp³-hybridized carbons (Fsp3) is 0.450. The van der Waals surface area contributed by atoms with Gasteiger partial charge in [0.2, 0.25) is 11.9 Å². The molecule has 27 heavy (non-hydrogen) atoms. The van der Waals surface area contributed by atoms with Crippen LogP contribution in [-0.2, 0) is 21.7 Å². The standard InChI is InChI=1S/C20H24N4O2S/c25-18(15-27-14-16-5-2-1-3-6-16)24-8-4-7-17-13-21-20(22-19(17)24)23-9-11-26-12-10-23/h1-3,5-6,13H,4,7-12,14-15H2. The molecule has 0 unspecified atom stereocenters.